The Morgan fingerprint density at radius 3 is 2.88 bits per heavy atom. The Balaban J connectivity index is 2.25. The third-order valence-corrected chi connectivity index (χ3v) is 4.10. The summed E-state index contributed by atoms with van der Waals surface area (Å²) in [6.07, 6.45) is 3.95. The summed E-state index contributed by atoms with van der Waals surface area (Å²) in [7, 11) is 0. The summed E-state index contributed by atoms with van der Waals surface area (Å²) in [5, 5.41) is 3.55. The SMILES string of the molecule is CCCC1CNCCC1c1cc(C)ccc1C. The van der Waals surface area contributed by atoms with Crippen molar-refractivity contribution in [3.05, 3.63) is 34.9 Å². The van der Waals surface area contributed by atoms with Gasteiger partial charge in [0, 0.05) is 0 Å². The van der Waals surface area contributed by atoms with E-state index in [4.69, 9.17) is 0 Å². The van der Waals surface area contributed by atoms with E-state index in [0.717, 1.165) is 11.8 Å². The van der Waals surface area contributed by atoms with E-state index in [1.165, 1.54) is 43.5 Å². The third kappa shape index (κ3) is 2.90. The minimum absolute atomic E-state index is 0.774. The van der Waals surface area contributed by atoms with Crippen molar-refractivity contribution >= 4 is 0 Å². The first-order chi connectivity index (χ1) is 8.22. The number of hydrogen-bond acceptors (Lipinski definition) is 1. The van der Waals surface area contributed by atoms with Crippen LogP contribution in [-0.2, 0) is 0 Å². The van der Waals surface area contributed by atoms with Crippen LogP contribution in [0.25, 0.3) is 0 Å². The topological polar surface area (TPSA) is 12.0 Å². The Kier molecular flexibility index (Phi) is 4.22. The van der Waals surface area contributed by atoms with E-state index in [0.29, 0.717) is 0 Å². The first-order valence-electron chi connectivity index (χ1n) is 7.00. The van der Waals surface area contributed by atoms with Gasteiger partial charge in [-0.3, -0.25) is 0 Å². The summed E-state index contributed by atoms with van der Waals surface area (Å²) in [4.78, 5) is 0. The first kappa shape index (κ1) is 12.6. The number of hydrogen-bond donors (Lipinski definition) is 1. The Morgan fingerprint density at radius 1 is 1.29 bits per heavy atom. The first-order valence-corrected chi connectivity index (χ1v) is 7.00. The molecular weight excluding hydrogens is 206 g/mol. The highest BCUT2D eigenvalue weighted by molar-refractivity contribution is 5.34. The number of rotatable bonds is 3. The lowest BCUT2D eigenvalue weighted by molar-refractivity contribution is 0.306. The summed E-state index contributed by atoms with van der Waals surface area (Å²) >= 11 is 0. The molecule has 0 aromatic heterocycles. The number of aryl methyl sites for hydroxylation is 2. The fourth-order valence-electron chi connectivity index (χ4n) is 3.17. The molecule has 1 aliphatic rings. The minimum atomic E-state index is 0.774. The van der Waals surface area contributed by atoms with E-state index >= 15 is 0 Å². The van der Waals surface area contributed by atoms with Gasteiger partial charge in [-0.2, -0.15) is 0 Å². The number of benzene rings is 1. The fraction of sp³-hybridized carbons (Fsp3) is 0.625. The smallest absolute Gasteiger partial charge is 0.00147 e. The molecule has 1 aliphatic heterocycles. The quantitative estimate of drug-likeness (QED) is 0.834. The van der Waals surface area contributed by atoms with Gasteiger partial charge in [0.25, 0.3) is 0 Å². The van der Waals surface area contributed by atoms with Crippen LogP contribution in [0.4, 0.5) is 0 Å². The fourth-order valence-corrected chi connectivity index (χ4v) is 3.17. The molecule has 1 nitrogen and oxygen atoms in total. The summed E-state index contributed by atoms with van der Waals surface area (Å²) in [6, 6.07) is 6.93. The molecule has 2 rings (SSSR count). The molecule has 94 valence electrons. The second-order valence-corrected chi connectivity index (χ2v) is 5.51. The third-order valence-electron chi connectivity index (χ3n) is 4.10. The van der Waals surface area contributed by atoms with Gasteiger partial charge < -0.3 is 5.32 Å². The lowest BCUT2D eigenvalue weighted by Crippen LogP contribution is -2.35. The zero-order valence-corrected chi connectivity index (χ0v) is 11.4. The Hall–Kier alpha value is -0.820. The van der Waals surface area contributed by atoms with E-state index in [-0.39, 0.29) is 0 Å². The molecule has 0 saturated carbocycles. The second-order valence-electron chi connectivity index (χ2n) is 5.51. The Labute approximate surface area is 106 Å². The van der Waals surface area contributed by atoms with E-state index in [9.17, 15) is 0 Å². The van der Waals surface area contributed by atoms with Crippen LogP contribution in [0.15, 0.2) is 18.2 Å². The minimum Gasteiger partial charge on any atom is -0.316 e. The molecule has 17 heavy (non-hydrogen) atoms. The van der Waals surface area contributed by atoms with Crippen molar-refractivity contribution < 1.29 is 0 Å². The van der Waals surface area contributed by atoms with Crippen LogP contribution in [0.3, 0.4) is 0 Å². The molecule has 0 bridgehead atoms. The molecule has 0 radical (unpaired) electrons. The Morgan fingerprint density at radius 2 is 2.12 bits per heavy atom. The van der Waals surface area contributed by atoms with Gasteiger partial charge in [0.15, 0.2) is 0 Å². The highest BCUT2D eigenvalue weighted by Gasteiger charge is 2.26. The predicted octanol–water partition coefficient (Wildman–Crippen LogP) is 3.80. The molecule has 1 N–H and O–H groups in total. The summed E-state index contributed by atoms with van der Waals surface area (Å²) in [6.45, 7) is 9.15. The summed E-state index contributed by atoms with van der Waals surface area (Å²) in [5.74, 6) is 1.60. The highest BCUT2D eigenvalue weighted by Crippen LogP contribution is 2.35. The van der Waals surface area contributed by atoms with Crippen molar-refractivity contribution in [1.29, 1.82) is 0 Å². The zero-order chi connectivity index (χ0) is 12.3. The van der Waals surface area contributed by atoms with Crippen molar-refractivity contribution in [3.8, 4) is 0 Å². The van der Waals surface area contributed by atoms with Gasteiger partial charge in [-0.25, -0.2) is 0 Å². The van der Waals surface area contributed by atoms with Gasteiger partial charge in [-0.05, 0) is 62.7 Å². The maximum atomic E-state index is 3.55. The molecule has 1 fully saturated rings. The lowest BCUT2D eigenvalue weighted by Gasteiger charge is -2.33. The van der Waals surface area contributed by atoms with Crippen LogP contribution in [0.2, 0.25) is 0 Å². The van der Waals surface area contributed by atoms with Crippen molar-refractivity contribution in [3.63, 3.8) is 0 Å². The predicted molar refractivity (Wildman–Crippen MR) is 74.5 cm³/mol. The van der Waals surface area contributed by atoms with Crippen molar-refractivity contribution in [1.82, 2.24) is 5.32 Å². The number of nitrogens with one attached hydrogen (secondary N) is 1. The summed E-state index contributed by atoms with van der Waals surface area (Å²) < 4.78 is 0. The average Bonchev–Trinajstić information content (AvgIpc) is 2.34. The van der Waals surface area contributed by atoms with Gasteiger partial charge in [-0.1, -0.05) is 37.1 Å². The molecule has 1 saturated heterocycles. The molecule has 0 amide bonds. The van der Waals surface area contributed by atoms with E-state index in [1.807, 2.05) is 0 Å². The molecule has 1 heterocycles. The molecule has 1 aromatic carbocycles. The molecule has 2 unspecified atom stereocenters. The second kappa shape index (κ2) is 5.68. The van der Waals surface area contributed by atoms with Gasteiger partial charge in [-0.15, -0.1) is 0 Å². The Bertz CT molecular complexity index is 368. The van der Waals surface area contributed by atoms with Crippen LogP contribution in [0, 0.1) is 19.8 Å². The monoisotopic (exact) mass is 231 g/mol. The molecule has 1 heteroatoms. The maximum Gasteiger partial charge on any atom is -0.00147 e. The van der Waals surface area contributed by atoms with Gasteiger partial charge in [0.1, 0.15) is 0 Å². The van der Waals surface area contributed by atoms with E-state index in [1.54, 1.807) is 5.56 Å². The maximum absolute atomic E-state index is 3.55. The average molecular weight is 231 g/mol. The molecule has 0 aliphatic carbocycles. The largest absolute Gasteiger partial charge is 0.316 e. The molecule has 0 spiro atoms. The van der Waals surface area contributed by atoms with Crippen LogP contribution in [-0.4, -0.2) is 13.1 Å². The summed E-state index contributed by atoms with van der Waals surface area (Å²) in [5.41, 5.74) is 4.48. The standard InChI is InChI=1S/C16H25N/c1-4-5-14-11-17-9-8-15(14)16-10-12(2)6-7-13(16)3/h6-7,10,14-15,17H,4-5,8-9,11H2,1-3H3. The zero-order valence-electron chi connectivity index (χ0n) is 11.4. The van der Waals surface area contributed by atoms with Gasteiger partial charge in [0.2, 0.25) is 0 Å². The lowest BCUT2D eigenvalue weighted by atomic mass is 9.77. The molecular formula is C16H25N. The van der Waals surface area contributed by atoms with Crippen LogP contribution in [0.5, 0.6) is 0 Å². The van der Waals surface area contributed by atoms with Gasteiger partial charge >= 0.3 is 0 Å². The van der Waals surface area contributed by atoms with Crippen LogP contribution < -0.4 is 5.32 Å². The van der Waals surface area contributed by atoms with E-state index in [2.05, 4.69) is 44.3 Å². The van der Waals surface area contributed by atoms with Crippen LogP contribution in [0.1, 0.15) is 48.8 Å². The molecule has 1 aromatic rings. The normalized spacial score (nSPS) is 24.9. The van der Waals surface area contributed by atoms with Crippen molar-refractivity contribution in [2.24, 2.45) is 5.92 Å². The number of piperidine rings is 1. The van der Waals surface area contributed by atoms with Crippen molar-refractivity contribution in [2.75, 3.05) is 13.1 Å². The van der Waals surface area contributed by atoms with Crippen LogP contribution >= 0.6 is 0 Å². The van der Waals surface area contributed by atoms with Gasteiger partial charge in [0.05, 0.1) is 0 Å². The van der Waals surface area contributed by atoms with Crippen molar-refractivity contribution in [2.45, 2.75) is 46.0 Å². The highest BCUT2D eigenvalue weighted by atomic mass is 14.9. The molecule has 2 atom stereocenters. The van der Waals surface area contributed by atoms with E-state index < -0.39 is 0 Å².